The molecule has 0 saturated heterocycles. The number of benzene rings is 1. The van der Waals surface area contributed by atoms with Crippen molar-refractivity contribution >= 4 is 21.9 Å². The van der Waals surface area contributed by atoms with Gasteiger partial charge in [-0.05, 0) is 30.7 Å². The van der Waals surface area contributed by atoms with Gasteiger partial charge in [-0.15, -0.1) is 0 Å². The van der Waals surface area contributed by atoms with Gasteiger partial charge in [-0.2, -0.15) is 0 Å². The van der Waals surface area contributed by atoms with E-state index in [1.54, 1.807) is 6.20 Å². The Kier molecular flexibility index (Phi) is 3.62. The molecule has 0 atom stereocenters. The molecule has 0 saturated carbocycles. The maximum atomic E-state index is 4.29. The second-order valence-electron chi connectivity index (χ2n) is 3.52. The zero-order valence-electron chi connectivity index (χ0n) is 9.15. The second-order valence-corrected chi connectivity index (χ2v) is 4.44. The van der Waals surface area contributed by atoms with Crippen molar-refractivity contribution in [3.8, 4) is 5.69 Å². The standard InChI is InChI=1S/C12H14BrN3/c1-2-7-14-12-15-8-9-16(12)11-5-3-10(13)4-6-11/h3-6,8-9H,2,7H2,1H3,(H,14,15). The highest BCUT2D eigenvalue weighted by molar-refractivity contribution is 9.10. The number of halogens is 1. The number of hydrogen-bond acceptors (Lipinski definition) is 2. The summed E-state index contributed by atoms with van der Waals surface area (Å²) < 4.78 is 3.13. The van der Waals surface area contributed by atoms with E-state index >= 15 is 0 Å². The Bertz CT molecular complexity index is 448. The van der Waals surface area contributed by atoms with E-state index in [9.17, 15) is 0 Å². The minimum absolute atomic E-state index is 0.893. The summed E-state index contributed by atoms with van der Waals surface area (Å²) in [7, 11) is 0. The number of nitrogens with one attached hydrogen (secondary N) is 1. The number of hydrogen-bond donors (Lipinski definition) is 1. The first kappa shape index (κ1) is 11.2. The first-order chi connectivity index (χ1) is 7.81. The molecule has 0 aliphatic carbocycles. The van der Waals surface area contributed by atoms with Gasteiger partial charge in [0.1, 0.15) is 0 Å². The van der Waals surface area contributed by atoms with Gasteiger partial charge in [-0.1, -0.05) is 22.9 Å². The highest BCUT2D eigenvalue weighted by atomic mass is 79.9. The van der Waals surface area contributed by atoms with E-state index in [4.69, 9.17) is 0 Å². The van der Waals surface area contributed by atoms with Gasteiger partial charge in [0.15, 0.2) is 0 Å². The predicted octanol–water partition coefficient (Wildman–Crippen LogP) is 3.46. The first-order valence-corrected chi connectivity index (χ1v) is 6.13. The lowest BCUT2D eigenvalue weighted by Crippen LogP contribution is -2.06. The van der Waals surface area contributed by atoms with Crippen LogP contribution in [0, 0.1) is 0 Å². The monoisotopic (exact) mass is 279 g/mol. The molecule has 1 aromatic carbocycles. The van der Waals surface area contributed by atoms with Crippen LogP contribution in [0.2, 0.25) is 0 Å². The fourth-order valence-corrected chi connectivity index (χ4v) is 1.75. The Morgan fingerprint density at radius 1 is 1.31 bits per heavy atom. The smallest absolute Gasteiger partial charge is 0.207 e. The maximum absolute atomic E-state index is 4.29. The number of nitrogens with zero attached hydrogens (tertiary/aromatic N) is 2. The SMILES string of the molecule is CCCNc1nccn1-c1ccc(Br)cc1. The van der Waals surface area contributed by atoms with Crippen molar-refractivity contribution in [3.05, 3.63) is 41.1 Å². The van der Waals surface area contributed by atoms with Crippen molar-refractivity contribution in [2.24, 2.45) is 0 Å². The summed E-state index contributed by atoms with van der Waals surface area (Å²) >= 11 is 3.43. The molecule has 2 rings (SSSR count). The summed E-state index contributed by atoms with van der Waals surface area (Å²) in [6.07, 6.45) is 4.86. The molecule has 0 radical (unpaired) electrons. The molecule has 0 aliphatic heterocycles. The van der Waals surface area contributed by atoms with Crippen LogP contribution in [-0.4, -0.2) is 16.1 Å². The van der Waals surface area contributed by atoms with Gasteiger partial charge in [0.2, 0.25) is 5.95 Å². The van der Waals surface area contributed by atoms with E-state index in [2.05, 4.69) is 45.3 Å². The lowest BCUT2D eigenvalue weighted by atomic mass is 10.3. The van der Waals surface area contributed by atoms with E-state index in [1.807, 2.05) is 22.9 Å². The molecule has 16 heavy (non-hydrogen) atoms. The van der Waals surface area contributed by atoms with Crippen LogP contribution in [0.5, 0.6) is 0 Å². The molecule has 84 valence electrons. The van der Waals surface area contributed by atoms with E-state index in [0.29, 0.717) is 0 Å². The summed E-state index contributed by atoms with van der Waals surface area (Å²) in [5.74, 6) is 0.893. The number of rotatable bonds is 4. The molecular formula is C12H14BrN3. The maximum Gasteiger partial charge on any atom is 0.207 e. The fourth-order valence-electron chi connectivity index (χ4n) is 1.48. The molecule has 0 bridgehead atoms. The number of anilines is 1. The zero-order valence-corrected chi connectivity index (χ0v) is 10.7. The summed E-state index contributed by atoms with van der Waals surface area (Å²) in [6, 6.07) is 8.17. The molecule has 0 unspecified atom stereocenters. The molecule has 0 aliphatic rings. The van der Waals surface area contributed by atoms with Crippen LogP contribution in [0.15, 0.2) is 41.1 Å². The molecule has 1 aromatic heterocycles. The van der Waals surface area contributed by atoms with Crippen LogP contribution in [0.25, 0.3) is 5.69 Å². The molecule has 0 spiro atoms. The van der Waals surface area contributed by atoms with E-state index in [0.717, 1.165) is 29.1 Å². The van der Waals surface area contributed by atoms with Crippen molar-refractivity contribution < 1.29 is 0 Å². The van der Waals surface area contributed by atoms with Crippen LogP contribution < -0.4 is 5.32 Å². The van der Waals surface area contributed by atoms with Gasteiger partial charge in [0, 0.05) is 29.1 Å². The first-order valence-electron chi connectivity index (χ1n) is 5.34. The molecule has 1 heterocycles. The Hall–Kier alpha value is -1.29. The van der Waals surface area contributed by atoms with Crippen molar-refractivity contribution in [1.29, 1.82) is 0 Å². The number of imidazole rings is 1. The average molecular weight is 280 g/mol. The highest BCUT2D eigenvalue weighted by Crippen LogP contribution is 2.17. The summed E-state index contributed by atoms with van der Waals surface area (Å²) in [4.78, 5) is 4.29. The largest absolute Gasteiger partial charge is 0.355 e. The van der Waals surface area contributed by atoms with Crippen molar-refractivity contribution in [2.45, 2.75) is 13.3 Å². The average Bonchev–Trinajstić information content (AvgIpc) is 2.75. The van der Waals surface area contributed by atoms with Crippen molar-refractivity contribution in [1.82, 2.24) is 9.55 Å². The summed E-state index contributed by atoms with van der Waals surface area (Å²) in [5.41, 5.74) is 1.11. The van der Waals surface area contributed by atoms with Gasteiger partial charge in [-0.25, -0.2) is 4.98 Å². The van der Waals surface area contributed by atoms with Gasteiger partial charge in [-0.3, -0.25) is 4.57 Å². The second kappa shape index (κ2) is 5.16. The highest BCUT2D eigenvalue weighted by Gasteiger charge is 2.03. The topological polar surface area (TPSA) is 29.9 Å². The summed E-state index contributed by atoms with van der Waals surface area (Å²) in [5, 5.41) is 3.30. The third-order valence-electron chi connectivity index (χ3n) is 2.28. The molecule has 0 fully saturated rings. The van der Waals surface area contributed by atoms with E-state index < -0.39 is 0 Å². The Morgan fingerprint density at radius 2 is 2.06 bits per heavy atom. The Balaban J connectivity index is 2.26. The Morgan fingerprint density at radius 3 is 2.75 bits per heavy atom. The normalized spacial score (nSPS) is 10.4. The molecule has 4 heteroatoms. The lowest BCUT2D eigenvalue weighted by Gasteiger charge is -2.08. The van der Waals surface area contributed by atoms with Gasteiger partial charge in [0.25, 0.3) is 0 Å². The van der Waals surface area contributed by atoms with Crippen molar-refractivity contribution in [2.75, 3.05) is 11.9 Å². The van der Waals surface area contributed by atoms with Crippen molar-refractivity contribution in [3.63, 3.8) is 0 Å². The molecule has 0 amide bonds. The van der Waals surface area contributed by atoms with Crippen LogP contribution in [0.3, 0.4) is 0 Å². The lowest BCUT2D eigenvalue weighted by molar-refractivity contribution is 0.937. The molecular weight excluding hydrogens is 266 g/mol. The summed E-state index contributed by atoms with van der Waals surface area (Å²) in [6.45, 7) is 3.08. The quantitative estimate of drug-likeness (QED) is 0.929. The minimum Gasteiger partial charge on any atom is -0.355 e. The minimum atomic E-state index is 0.893. The van der Waals surface area contributed by atoms with E-state index in [-0.39, 0.29) is 0 Å². The zero-order chi connectivity index (χ0) is 11.4. The van der Waals surface area contributed by atoms with Crippen LogP contribution in [0.1, 0.15) is 13.3 Å². The molecule has 2 aromatic rings. The Labute approximate surface area is 104 Å². The van der Waals surface area contributed by atoms with Crippen LogP contribution >= 0.6 is 15.9 Å². The molecule has 3 nitrogen and oxygen atoms in total. The van der Waals surface area contributed by atoms with Gasteiger partial charge in [0.05, 0.1) is 0 Å². The van der Waals surface area contributed by atoms with E-state index in [1.165, 1.54) is 0 Å². The molecule has 1 N–H and O–H groups in total. The van der Waals surface area contributed by atoms with Crippen LogP contribution in [0.4, 0.5) is 5.95 Å². The number of aromatic nitrogens is 2. The third kappa shape index (κ3) is 2.44. The third-order valence-corrected chi connectivity index (χ3v) is 2.81. The van der Waals surface area contributed by atoms with Gasteiger partial charge < -0.3 is 5.32 Å². The van der Waals surface area contributed by atoms with Crippen LogP contribution in [-0.2, 0) is 0 Å². The van der Waals surface area contributed by atoms with Gasteiger partial charge >= 0.3 is 0 Å². The fraction of sp³-hybridized carbons (Fsp3) is 0.250. The predicted molar refractivity (Wildman–Crippen MR) is 70.0 cm³/mol.